The molecular formula is C21H26F6O2. The summed E-state index contributed by atoms with van der Waals surface area (Å²) in [5, 5.41) is 0. The van der Waals surface area contributed by atoms with Crippen LogP contribution in [-0.4, -0.2) is 12.7 Å². The van der Waals surface area contributed by atoms with Crippen molar-refractivity contribution in [1.82, 2.24) is 0 Å². The van der Waals surface area contributed by atoms with E-state index in [4.69, 9.17) is 0 Å². The van der Waals surface area contributed by atoms with E-state index in [0.717, 1.165) is 25.7 Å². The van der Waals surface area contributed by atoms with E-state index in [1.54, 1.807) is 0 Å². The molecule has 2 nitrogen and oxygen atoms in total. The Kier molecular flexibility index (Phi) is 8.86. The highest BCUT2D eigenvalue weighted by Crippen LogP contribution is 2.38. The van der Waals surface area contributed by atoms with Gasteiger partial charge in [-0.15, -0.1) is 0 Å². The van der Waals surface area contributed by atoms with Crippen LogP contribution < -0.4 is 4.74 Å². The van der Waals surface area contributed by atoms with Crippen LogP contribution in [0, 0.1) is 23.5 Å². The van der Waals surface area contributed by atoms with Crippen LogP contribution in [0.5, 0.6) is 5.75 Å². The molecule has 0 atom stereocenters. The molecule has 0 N–H and O–H groups in total. The molecule has 2 rings (SSSR count). The Morgan fingerprint density at radius 3 is 2.21 bits per heavy atom. The van der Waals surface area contributed by atoms with Crippen molar-refractivity contribution in [1.29, 1.82) is 0 Å². The summed E-state index contributed by atoms with van der Waals surface area (Å²) in [6.07, 6.45) is 5.48. The van der Waals surface area contributed by atoms with E-state index in [2.05, 4.69) is 15.5 Å². The Hall–Kier alpha value is -1.70. The minimum Gasteiger partial charge on any atom is -0.429 e. The second-order valence-corrected chi connectivity index (χ2v) is 7.43. The summed E-state index contributed by atoms with van der Waals surface area (Å²) in [7, 11) is 0. The van der Waals surface area contributed by atoms with Gasteiger partial charge in [0.1, 0.15) is 0 Å². The standard InChI is InChI=1S/C21H26F6O2/c1-2-3-4-5-14-6-8-15(9-7-14)12-21(26,27)28-13-16-10-17(22)19(18(23)11-16)29-20(24)25/h2-3,10-11,14-15,20H,4-9,12-13H2,1H3/t14-,15-. The lowest BCUT2D eigenvalue weighted by molar-refractivity contribution is -0.256. The number of alkyl halides is 4. The first-order valence-corrected chi connectivity index (χ1v) is 9.76. The second kappa shape index (κ2) is 10.9. The Labute approximate surface area is 166 Å². The van der Waals surface area contributed by atoms with E-state index in [-0.39, 0.29) is 11.5 Å². The summed E-state index contributed by atoms with van der Waals surface area (Å²) >= 11 is 0. The first-order valence-electron chi connectivity index (χ1n) is 9.76. The van der Waals surface area contributed by atoms with Crippen molar-refractivity contribution in [3.63, 3.8) is 0 Å². The molecule has 1 aliphatic carbocycles. The predicted molar refractivity (Wildman–Crippen MR) is 96.8 cm³/mol. The minimum absolute atomic E-state index is 0.168. The fourth-order valence-corrected chi connectivity index (χ4v) is 3.70. The predicted octanol–water partition coefficient (Wildman–Crippen LogP) is 7.23. The van der Waals surface area contributed by atoms with Crippen molar-refractivity contribution in [2.75, 3.05) is 0 Å². The van der Waals surface area contributed by atoms with Gasteiger partial charge in [0, 0.05) is 6.42 Å². The van der Waals surface area contributed by atoms with E-state index in [9.17, 15) is 26.3 Å². The van der Waals surface area contributed by atoms with E-state index in [0.29, 0.717) is 30.9 Å². The molecule has 0 aromatic heterocycles. The maximum absolute atomic E-state index is 14.1. The summed E-state index contributed by atoms with van der Waals surface area (Å²) in [6.45, 7) is -2.18. The van der Waals surface area contributed by atoms with E-state index in [1.165, 1.54) is 0 Å². The number of halogens is 6. The molecule has 1 fully saturated rings. The van der Waals surface area contributed by atoms with Crippen molar-refractivity contribution >= 4 is 0 Å². The number of allylic oxidation sites excluding steroid dienone is 2. The molecule has 0 amide bonds. The molecular weight excluding hydrogens is 398 g/mol. The van der Waals surface area contributed by atoms with Crippen LogP contribution in [0.3, 0.4) is 0 Å². The molecule has 0 unspecified atom stereocenters. The van der Waals surface area contributed by atoms with Gasteiger partial charge in [-0.3, -0.25) is 0 Å². The number of ether oxygens (including phenoxy) is 2. The molecule has 1 saturated carbocycles. The van der Waals surface area contributed by atoms with Crippen molar-refractivity contribution in [2.45, 2.75) is 71.2 Å². The Morgan fingerprint density at radius 2 is 1.66 bits per heavy atom. The SMILES string of the molecule is CC=CCC[C@H]1CC[C@H](CC(F)(F)OCc2cc(F)c(OC(F)F)c(F)c2)CC1. The van der Waals surface area contributed by atoms with Gasteiger partial charge in [-0.2, -0.15) is 17.6 Å². The number of benzene rings is 1. The molecule has 0 radical (unpaired) electrons. The van der Waals surface area contributed by atoms with Crippen LogP contribution in [0.15, 0.2) is 24.3 Å². The number of hydrogen-bond acceptors (Lipinski definition) is 2. The third kappa shape index (κ3) is 7.91. The molecule has 29 heavy (non-hydrogen) atoms. The van der Waals surface area contributed by atoms with Gasteiger partial charge >= 0.3 is 12.7 Å². The van der Waals surface area contributed by atoms with Gasteiger partial charge in [0.15, 0.2) is 17.4 Å². The minimum atomic E-state index is -3.44. The van der Waals surface area contributed by atoms with Crippen molar-refractivity contribution < 1.29 is 35.8 Å². The van der Waals surface area contributed by atoms with Crippen molar-refractivity contribution in [3.05, 3.63) is 41.5 Å². The molecule has 0 spiro atoms. The lowest BCUT2D eigenvalue weighted by Crippen LogP contribution is -2.27. The van der Waals surface area contributed by atoms with Crippen molar-refractivity contribution in [3.8, 4) is 5.75 Å². The Morgan fingerprint density at radius 1 is 1.07 bits per heavy atom. The van der Waals surface area contributed by atoms with Crippen LogP contribution in [0.25, 0.3) is 0 Å². The summed E-state index contributed by atoms with van der Waals surface area (Å²) in [6, 6.07) is 1.29. The highest BCUT2D eigenvalue weighted by atomic mass is 19.3. The van der Waals surface area contributed by atoms with Gasteiger partial charge in [0.05, 0.1) is 6.61 Å². The second-order valence-electron chi connectivity index (χ2n) is 7.43. The molecule has 1 aliphatic rings. The number of rotatable bonds is 10. The van der Waals surface area contributed by atoms with Gasteiger partial charge in [-0.05, 0) is 62.1 Å². The first-order chi connectivity index (χ1) is 13.7. The molecule has 1 aromatic carbocycles. The lowest BCUT2D eigenvalue weighted by Gasteiger charge is -2.30. The van der Waals surface area contributed by atoms with Crippen LogP contribution in [0.1, 0.15) is 57.4 Å². The molecule has 0 aliphatic heterocycles. The van der Waals surface area contributed by atoms with Gasteiger partial charge in [-0.1, -0.05) is 25.0 Å². The first kappa shape index (κ1) is 23.6. The molecule has 0 saturated heterocycles. The zero-order valence-corrected chi connectivity index (χ0v) is 16.3. The fraction of sp³-hybridized carbons (Fsp3) is 0.619. The van der Waals surface area contributed by atoms with E-state index < -0.39 is 43.1 Å². The molecule has 1 aromatic rings. The van der Waals surface area contributed by atoms with E-state index >= 15 is 0 Å². The van der Waals surface area contributed by atoms with Gasteiger partial charge in [0.25, 0.3) is 0 Å². The van der Waals surface area contributed by atoms with Gasteiger partial charge < -0.3 is 9.47 Å². The third-order valence-corrected chi connectivity index (χ3v) is 5.18. The molecule has 0 heterocycles. The van der Waals surface area contributed by atoms with Crippen LogP contribution in [-0.2, 0) is 11.3 Å². The summed E-state index contributed by atoms with van der Waals surface area (Å²) in [4.78, 5) is 0. The lowest BCUT2D eigenvalue weighted by atomic mass is 9.78. The maximum Gasteiger partial charge on any atom is 0.387 e. The largest absolute Gasteiger partial charge is 0.429 e. The zero-order chi connectivity index (χ0) is 21.4. The summed E-state index contributed by atoms with van der Waals surface area (Å²) < 4.78 is 88.2. The third-order valence-electron chi connectivity index (χ3n) is 5.18. The highest BCUT2D eigenvalue weighted by molar-refractivity contribution is 5.31. The maximum atomic E-state index is 14.1. The summed E-state index contributed by atoms with van der Waals surface area (Å²) in [5.41, 5.74) is -0.228. The fourth-order valence-electron chi connectivity index (χ4n) is 3.70. The van der Waals surface area contributed by atoms with Crippen molar-refractivity contribution in [2.24, 2.45) is 11.8 Å². The molecule has 0 bridgehead atoms. The monoisotopic (exact) mass is 424 g/mol. The quantitative estimate of drug-likeness (QED) is 0.291. The normalized spacial score (nSPS) is 20.6. The van der Waals surface area contributed by atoms with E-state index in [1.807, 2.05) is 13.0 Å². The average Bonchev–Trinajstić information content (AvgIpc) is 2.64. The zero-order valence-electron chi connectivity index (χ0n) is 16.3. The van der Waals surface area contributed by atoms with Crippen LogP contribution in [0.4, 0.5) is 26.3 Å². The number of hydrogen-bond donors (Lipinski definition) is 0. The topological polar surface area (TPSA) is 18.5 Å². The molecule has 164 valence electrons. The Balaban J connectivity index is 1.83. The summed E-state index contributed by atoms with van der Waals surface area (Å²) in [5.74, 6) is -3.66. The van der Waals surface area contributed by atoms with Gasteiger partial charge in [0.2, 0.25) is 0 Å². The average molecular weight is 424 g/mol. The Bertz CT molecular complexity index is 646. The molecule has 8 heteroatoms. The van der Waals surface area contributed by atoms with Gasteiger partial charge in [-0.25, -0.2) is 8.78 Å². The van der Waals surface area contributed by atoms with Crippen LogP contribution >= 0.6 is 0 Å². The smallest absolute Gasteiger partial charge is 0.387 e. The highest BCUT2D eigenvalue weighted by Gasteiger charge is 2.35. The van der Waals surface area contributed by atoms with Crippen LogP contribution in [0.2, 0.25) is 0 Å².